The Hall–Kier alpha value is -1.18. The first-order valence-corrected chi connectivity index (χ1v) is 9.35. The van der Waals surface area contributed by atoms with Crippen molar-refractivity contribution in [3.05, 3.63) is 12.5 Å². The van der Waals surface area contributed by atoms with Crippen molar-refractivity contribution in [1.82, 2.24) is 29.5 Å². The zero-order valence-electron chi connectivity index (χ0n) is 14.3. The Morgan fingerprint density at radius 3 is 2.70 bits per heavy atom. The molecule has 0 spiro atoms. The molecule has 7 heteroatoms. The van der Waals surface area contributed by atoms with E-state index in [1.807, 2.05) is 25.0 Å². The second-order valence-electron chi connectivity index (χ2n) is 6.36. The Kier molecular flexibility index (Phi) is 5.50. The Morgan fingerprint density at radius 2 is 1.96 bits per heavy atom. The summed E-state index contributed by atoms with van der Waals surface area (Å²) in [6.07, 6.45) is 4.69. The van der Waals surface area contributed by atoms with Gasteiger partial charge in [0, 0.05) is 45.0 Å². The van der Waals surface area contributed by atoms with E-state index in [0.29, 0.717) is 6.04 Å². The topological polar surface area (TPSA) is 50.1 Å². The highest BCUT2D eigenvalue weighted by molar-refractivity contribution is 7.99. The largest absolute Gasteiger partial charge is 0.301 e. The molecule has 0 unspecified atom stereocenters. The van der Waals surface area contributed by atoms with Crippen LogP contribution in [0.3, 0.4) is 0 Å². The van der Waals surface area contributed by atoms with E-state index in [1.165, 1.54) is 39.1 Å². The van der Waals surface area contributed by atoms with Gasteiger partial charge in [-0.1, -0.05) is 0 Å². The molecule has 2 aromatic heterocycles. The number of rotatable bonds is 6. The van der Waals surface area contributed by atoms with Gasteiger partial charge in [-0.2, -0.15) is 5.10 Å². The fourth-order valence-electron chi connectivity index (χ4n) is 3.02. The van der Waals surface area contributed by atoms with E-state index in [0.717, 1.165) is 21.8 Å². The molecular weight excluding hydrogens is 308 g/mol. The third-order valence-corrected chi connectivity index (χ3v) is 5.58. The minimum atomic E-state index is 0.673. The van der Waals surface area contributed by atoms with Crippen LogP contribution >= 0.6 is 11.8 Å². The standard InChI is InChI=1S/C16H26N6S/c1-13(2)22-8-6-21(7-9-22)5-4-10-23-16-14-11-19-20(3)15(14)17-12-18-16/h11-13H,4-10H2,1-3H3. The lowest BCUT2D eigenvalue weighted by Gasteiger charge is -2.36. The molecular formula is C16H26N6S. The van der Waals surface area contributed by atoms with Crippen LogP contribution in [-0.4, -0.2) is 74.1 Å². The fourth-order valence-corrected chi connectivity index (χ4v) is 3.90. The second kappa shape index (κ2) is 7.59. The van der Waals surface area contributed by atoms with E-state index in [2.05, 4.69) is 38.7 Å². The quantitative estimate of drug-likeness (QED) is 0.457. The summed E-state index contributed by atoms with van der Waals surface area (Å²) in [6.45, 7) is 10.5. The van der Waals surface area contributed by atoms with Gasteiger partial charge in [0.1, 0.15) is 11.4 Å². The highest BCUT2D eigenvalue weighted by atomic mass is 32.2. The van der Waals surface area contributed by atoms with Crippen molar-refractivity contribution in [3.63, 3.8) is 0 Å². The first-order chi connectivity index (χ1) is 11.1. The first-order valence-electron chi connectivity index (χ1n) is 8.37. The molecule has 0 amide bonds. The van der Waals surface area contributed by atoms with Gasteiger partial charge in [-0.15, -0.1) is 11.8 Å². The van der Waals surface area contributed by atoms with Crippen LogP contribution in [0, 0.1) is 0 Å². The molecule has 0 atom stereocenters. The number of piperazine rings is 1. The summed E-state index contributed by atoms with van der Waals surface area (Å²) in [5.74, 6) is 1.09. The molecule has 23 heavy (non-hydrogen) atoms. The Balaban J connectivity index is 1.43. The van der Waals surface area contributed by atoms with Crippen LogP contribution in [0.1, 0.15) is 20.3 Å². The summed E-state index contributed by atoms with van der Waals surface area (Å²) >= 11 is 1.82. The molecule has 0 saturated carbocycles. The number of hydrogen-bond donors (Lipinski definition) is 0. The van der Waals surface area contributed by atoms with E-state index in [1.54, 1.807) is 11.0 Å². The molecule has 1 saturated heterocycles. The highest BCUT2D eigenvalue weighted by Crippen LogP contribution is 2.24. The first kappa shape index (κ1) is 16.7. The molecule has 6 nitrogen and oxygen atoms in total. The van der Waals surface area contributed by atoms with Gasteiger partial charge in [-0.05, 0) is 26.8 Å². The van der Waals surface area contributed by atoms with Crippen molar-refractivity contribution < 1.29 is 0 Å². The molecule has 2 aromatic rings. The number of nitrogens with zero attached hydrogens (tertiary/aromatic N) is 6. The molecule has 0 N–H and O–H groups in total. The second-order valence-corrected chi connectivity index (χ2v) is 7.44. The predicted octanol–water partition coefficient (Wildman–Crippen LogP) is 1.87. The number of hydrogen-bond acceptors (Lipinski definition) is 6. The third-order valence-electron chi connectivity index (χ3n) is 4.49. The van der Waals surface area contributed by atoms with E-state index in [9.17, 15) is 0 Å². The van der Waals surface area contributed by atoms with Crippen molar-refractivity contribution in [1.29, 1.82) is 0 Å². The van der Waals surface area contributed by atoms with Gasteiger partial charge in [-0.25, -0.2) is 9.97 Å². The molecule has 0 aromatic carbocycles. The Bertz CT molecular complexity index is 633. The van der Waals surface area contributed by atoms with E-state index >= 15 is 0 Å². The van der Waals surface area contributed by atoms with Crippen LogP contribution in [0.2, 0.25) is 0 Å². The number of fused-ring (bicyclic) bond motifs is 1. The molecule has 1 aliphatic heterocycles. The lowest BCUT2D eigenvalue weighted by Crippen LogP contribution is -2.48. The summed E-state index contributed by atoms with van der Waals surface area (Å²) < 4.78 is 1.80. The lowest BCUT2D eigenvalue weighted by atomic mass is 10.2. The zero-order chi connectivity index (χ0) is 16.2. The van der Waals surface area contributed by atoms with Crippen LogP contribution in [0.15, 0.2) is 17.6 Å². The summed E-state index contributed by atoms with van der Waals surface area (Å²) in [5, 5.41) is 6.38. The van der Waals surface area contributed by atoms with Crippen LogP contribution in [-0.2, 0) is 7.05 Å². The minimum Gasteiger partial charge on any atom is -0.301 e. The van der Waals surface area contributed by atoms with Crippen molar-refractivity contribution in [2.24, 2.45) is 7.05 Å². The summed E-state index contributed by atoms with van der Waals surface area (Å²) in [7, 11) is 1.92. The highest BCUT2D eigenvalue weighted by Gasteiger charge is 2.18. The van der Waals surface area contributed by atoms with Gasteiger partial charge in [0.05, 0.1) is 11.6 Å². The average molecular weight is 334 g/mol. The summed E-state index contributed by atoms with van der Waals surface area (Å²) in [6, 6.07) is 0.673. The van der Waals surface area contributed by atoms with Crippen LogP contribution in [0.4, 0.5) is 0 Å². The van der Waals surface area contributed by atoms with Gasteiger partial charge in [0.15, 0.2) is 5.65 Å². The Labute approximate surface area is 142 Å². The van der Waals surface area contributed by atoms with Crippen molar-refractivity contribution >= 4 is 22.8 Å². The maximum absolute atomic E-state index is 4.41. The molecule has 3 rings (SSSR count). The van der Waals surface area contributed by atoms with Crippen molar-refractivity contribution in [2.45, 2.75) is 31.3 Å². The summed E-state index contributed by atoms with van der Waals surface area (Å²) in [4.78, 5) is 13.8. The monoisotopic (exact) mass is 334 g/mol. The number of aromatic nitrogens is 4. The zero-order valence-corrected chi connectivity index (χ0v) is 15.1. The van der Waals surface area contributed by atoms with E-state index < -0.39 is 0 Å². The van der Waals surface area contributed by atoms with Gasteiger partial charge >= 0.3 is 0 Å². The molecule has 126 valence electrons. The molecule has 3 heterocycles. The van der Waals surface area contributed by atoms with E-state index in [4.69, 9.17) is 0 Å². The van der Waals surface area contributed by atoms with Crippen molar-refractivity contribution in [2.75, 3.05) is 38.5 Å². The predicted molar refractivity (Wildman–Crippen MR) is 94.8 cm³/mol. The van der Waals surface area contributed by atoms with E-state index in [-0.39, 0.29) is 0 Å². The number of aryl methyl sites for hydroxylation is 1. The molecule has 1 fully saturated rings. The van der Waals surface area contributed by atoms with Gasteiger partial charge in [0.25, 0.3) is 0 Å². The lowest BCUT2D eigenvalue weighted by molar-refractivity contribution is 0.109. The average Bonchev–Trinajstić information content (AvgIpc) is 2.94. The molecule has 0 radical (unpaired) electrons. The van der Waals surface area contributed by atoms with Gasteiger partial charge < -0.3 is 4.90 Å². The van der Waals surface area contributed by atoms with Gasteiger partial charge in [0.2, 0.25) is 0 Å². The summed E-state index contributed by atoms with van der Waals surface area (Å²) in [5.41, 5.74) is 0.910. The number of thioether (sulfide) groups is 1. The maximum Gasteiger partial charge on any atom is 0.162 e. The minimum absolute atomic E-state index is 0.673. The molecule has 0 aliphatic carbocycles. The van der Waals surface area contributed by atoms with Crippen LogP contribution in [0.5, 0.6) is 0 Å². The van der Waals surface area contributed by atoms with Crippen molar-refractivity contribution in [3.8, 4) is 0 Å². The molecule has 0 bridgehead atoms. The SMILES string of the molecule is CC(C)N1CCN(CCCSc2ncnc3c2cnn3C)CC1. The molecule has 1 aliphatic rings. The smallest absolute Gasteiger partial charge is 0.162 e. The normalized spacial score (nSPS) is 17.4. The fraction of sp³-hybridized carbons (Fsp3) is 0.688. The van der Waals surface area contributed by atoms with Crippen LogP contribution in [0.25, 0.3) is 11.0 Å². The third kappa shape index (κ3) is 4.02. The van der Waals surface area contributed by atoms with Crippen LogP contribution < -0.4 is 0 Å². The maximum atomic E-state index is 4.41. The van der Waals surface area contributed by atoms with Gasteiger partial charge in [-0.3, -0.25) is 9.58 Å². The Morgan fingerprint density at radius 1 is 1.17 bits per heavy atom.